The Morgan fingerprint density at radius 1 is 1.41 bits per heavy atom. The van der Waals surface area contributed by atoms with E-state index in [1.54, 1.807) is 13.0 Å². The number of hydrogen-bond acceptors (Lipinski definition) is 3. The van der Waals surface area contributed by atoms with Gasteiger partial charge in [-0.3, -0.25) is 4.79 Å². The maximum atomic E-state index is 13.7. The summed E-state index contributed by atoms with van der Waals surface area (Å²) >= 11 is 3.26. The summed E-state index contributed by atoms with van der Waals surface area (Å²) in [6.45, 7) is 2.00. The van der Waals surface area contributed by atoms with Gasteiger partial charge in [-0.1, -0.05) is 15.9 Å². The van der Waals surface area contributed by atoms with Gasteiger partial charge in [0, 0.05) is 16.5 Å². The normalized spacial score (nSPS) is 10.1. The van der Waals surface area contributed by atoms with E-state index in [-0.39, 0.29) is 13.0 Å². The molecule has 0 aliphatic carbocycles. The van der Waals surface area contributed by atoms with E-state index in [2.05, 4.69) is 15.9 Å². The fourth-order valence-electron chi connectivity index (χ4n) is 1.53. The van der Waals surface area contributed by atoms with Crippen molar-refractivity contribution in [2.45, 2.75) is 18.7 Å². The Morgan fingerprint density at radius 3 is 2.65 bits per heavy atom. The second kappa shape index (κ2) is 6.59. The zero-order chi connectivity index (χ0) is 12.8. The van der Waals surface area contributed by atoms with Gasteiger partial charge in [-0.25, -0.2) is 4.39 Å². The molecular formula is C12H14BrFO3. The maximum absolute atomic E-state index is 13.7. The Labute approximate surface area is 108 Å². The number of halogens is 2. The molecule has 1 rings (SSSR count). The Morgan fingerprint density at radius 2 is 2.12 bits per heavy atom. The van der Waals surface area contributed by atoms with Crippen molar-refractivity contribution < 1.29 is 18.7 Å². The minimum atomic E-state index is -0.443. The highest BCUT2D eigenvalue weighted by Crippen LogP contribution is 2.27. The van der Waals surface area contributed by atoms with E-state index in [4.69, 9.17) is 9.47 Å². The van der Waals surface area contributed by atoms with Gasteiger partial charge in [0.1, 0.15) is 11.6 Å². The molecule has 0 fully saturated rings. The van der Waals surface area contributed by atoms with Crippen LogP contribution in [0.5, 0.6) is 5.75 Å². The number of carbonyl (C=O) groups is 1. The van der Waals surface area contributed by atoms with Gasteiger partial charge in [-0.15, -0.1) is 0 Å². The Hall–Kier alpha value is -1.10. The predicted octanol–water partition coefficient (Wildman–Crippen LogP) is 2.83. The molecule has 5 heteroatoms. The summed E-state index contributed by atoms with van der Waals surface area (Å²) in [4.78, 5) is 11.4. The van der Waals surface area contributed by atoms with Crippen LogP contribution >= 0.6 is 15.9 Å². The minimum Gasteiger partial charge on any atom is -0.496 e. The van der Waals surface area contributed by atoms with Gasteiger partial charge in [0.05, 0.1) is 20.1 Å². The molecule has 0 amide bonds. The van der Waals surface area contributed by atoms with Crippen molar-refractivity contribution in [1.82, 2.24) is 0 Å². The zero-order valence-electron chi connectivity index (χ0n) is 9.76. The number of rotatable bonds is 5. The van der Waals surface area contributed by atoms with Crippen LogP contribution in [0.15, 0.2) is 12.1 Å². The quantitative estimate of drug-likeness (QED) is 0.620. The molecule has 17 heavy (non-hydrogen) atoms. The van der Waals surface area contributed by atoms with E-state index in [0.29, 0.717) is 22.2 Å². The number of benzene rings is 1. The van der Waals surface area contributed by atoms with Crippen molar-refractivity contribution in [3.8, 4) is 5.75 Å². The van der Waals surface area contributed by atoms with Crippen LogP contribution in [0.3, 0.4) is 0 Å². The number of methoxy groups -OCH3 is 1. The van der Waals surface area contributed by atoms with Crippen LogP contribution in [-0.2, 0) is 21.3 Å². The molecule has 3 nitrogen and oxygen atoms in total. The van der Waals surface area contributed by atoms with Crippen molar-refractivity contribution in [2.75, 3.05) is 13.7 Å². The van der Waals surface area contributed by atoms with Crippen LogP contribution in [0.1, 0.15) is 18.1 Å². The molecule has 0 N–H and O–H groups in total. The number of alkyl halides is 1. The summed E-state index contributed by atoms with van der Waals surface area (Å²) in [7, 11) is 1.51. The van der Waals surface area contributed by atoms with Crippen molar-refractivity contribution >= 4 is 21.9 Å². The molecule has 0 bridgehead atoms. The molecule has 0 saturated carbocycles. The van der Waals surface area contributed by atoms with E-state index >= 15 is 0 Å². The molecular weight excluding hydrogens is 291 g/mol. The molecule has 0 spiro atoms. The summed E-state index contributed by atoms with van der Waals surface area (Å²) < 4.78 is 23.6. The first-order valence-corrected chi connectivity index (χ1v) is 6.32. The Kier molecular flexibility index (Phi) is 5.41. The van der Waals surface area contributed by atoms with Crippen molar-refractivity contribution in [2.24, 2.45) is 0 Å². The molecule has 0 saturated heterocycles. The first-order chi connectivity index (χ1) is 8.13. The highest BCUT2D eigenvalue weighted by atomic mass is 79.9. The molecule has 1 aromatic carbocycles. The molecule has 0 aliphatic heterocycles. The van der Waals surface area contributed by atoms with Gasteiger partial charge in [0.25, 0.3) is 0 Å². The lowest BCUT2D eigenvalue weighted by Crippen LogP contribution is -2.11. The molecule has 0 radical (unpaired) electrons. The molecule has 1 aromatic rings. The molecule has 0 heterocycles. The minimum absolute atomic E-state index is 0.0855. The van der Waals surface area contributed by atoms with Gasteiger partial charge in [0.2, 0.25) is 0 Å². The van der Waals surface area contributed by atoms with Gasteiger partial charge in [-0.2, -0.15) is 0 Å². The van der Waals surface area contributed by atoms with Crippen molar-refractivity contribution in [3.05, 3.63) is 29.1 Å². The average molecular weight is 305 g/mol. The molecule has 0 atom stereocenters. The number of ether oxygens (including phenoxy) is 2. The summed E-state index contributed by atoms with van der Waals surface area (Å²) in [6.07, 6.45) is -0.0855. The largest absolute Gasteiger partial charge is 0.496 e. The van der Waals surface area contributed by atoms with Crippen LogP contribution in [0, 0.1) is 5.82 Å². The number of esters is 1. The van der Waals surface area contributed by atoms with Crippen LogP contribution in [0.4, 0.5) is 4.39 Å². The van der Waals surface area contributed by atoms with Crippen LogP contribution < -0.4 is 4.74 Å². The summed E-state index contributed by atoms with van der Waals surface area (Å²) in [5.41, 5.74) is 0.959. The molecule has 0 aromatic heterocycles. The third-order valence-corrected chi connectivity index (χ3v) is 2.87. The maximum Gasteiger partial charge on any atom is 0.310 e. The summed E-state index contributed by atoms with van der Waals surface area (Å²) in [5, 5.41) is 0.419. The van der Waals surface area contributed by atoms with Crippen molar-refractivity contribution in [3.63, 3.8) is 0 Å². The summed E-state index contributed by atoms with van der Waals surface area (Å²) in [5.74, 6) is -0.308. The number of hydrogen-bond donors (Lipinski definition) is 0. The second-order valence-corrected chi connectivity index (χ2v) is 3.88. The first kappa shape index (κ1) is 14.0. The van der Waals surface area contributed by atoms with Gasteiger partial charge in [0.15, 0.2) is 0 Å². The topological polar surface area (TPSA) is 35.5 Å². The average Bonchev–Trinajstić information content (AvgIpc) is 2.31. The fraction of sp³-hybridized carbons (Fsp3) is 0.417. The lowest BCUT2D eigenvalue weighted by molar-refractivity contribution is -0.142. The third-order valence-electron chi connectivity index (χ3n) is 2.31. The Balaban J connectivity index is 3.07. The van der Waals surface area contributed by atoms with Gasteiger partial charge >= 0.3 is 5.97 Å². The van der Waals surface area contributed by atoms with E-state index in [0.717, 1.165) is 0 Å². The standard InChI is InChI=1S/C12H14BrFO3/c1-3-17-12(15)6-8-9(7-13)11(16-2)5-4-10(8)14/h4-5H,3,6-7H2,1-2H3. The SMILES string of the molecule is CCOC(=O)Cc1c(F)ccc(OC)c1CBr. The summed E-state index contributed by atoms with van der Waals surface area (Å²) in [6, 6.07) is 2.83. The van der Waals surface area contributed by atoms with E-state index in [1.807, 2.05) is 0 Å². The van der Waals surface area contributed by atoms with E-state index < -0.39 is 11.8 Å². The third kappa shape index (κ3) is 3.43. The second-order valence-electron chi connectivity index (χ2n) is 3.32. The first-order valence-electron chi connectivity index (χ1n) is 5.19. The Bertz CT molecular complexity index is 407. The van der Waals surface area contributed by atoms with Gasteiger partial charge < -0.3 is 9.47 Å². The smallest absolute Gasteiger partial charge is 0.310 e. The van der Waals surface area contributed by atoms with E-state index in [9.17, 15) is 9.18 Å². The fourth-order valence-corrected chi connectivity index (χ4v) is 2.14. The molecule has 0 unspecified atom stereocenters. The van der Waals surface area contributed by atoms with Crippen LogP contribution in [0.25, 0.3) is 0 Å². The highest BCUT2D eigenvalue weighted by molar-refractivity contribution is 9.08. The van der Waals surface area contributed by atoms with E-state index in [1.165, 1.54) is 13.2 Å². The van der Waals surface area contributed by atoms with Gasteiger partial charge in [-0.05, 0) is 19.1 Å². The number of carbonyl (C=O) groups excluding carboxylic acids is 1. The molecule has 94 valence electrons. The van der Waals surface area contributed by atoms with Crippen LogP contribution in [-0.4, -0.2) is 19.7 Å². The monoisotopic (exact) mass is 304 g/mol. The highest BCUT2D eigenvalue weighted by Gasteiger charge is 2.16. The lowest BCUT2D eigenvalue weighted by Gasteiger charge is -2.12. The lowest BCUT2D eigenvalue weighted by atomic mass is 10.0. The predicted molar refractivity (Wildman–Crippen MR) is 65.9 cm³/mol. The molecule has 0 aliphatic rings. The van der Waals surface area contributed by atoms with Crippen LogP contribution in [0.2, 0.25) is 0 Å². The zero-order valence-corrected chi connectivity index (χ0v) is 11.3. The van der Waals surface area contributed by atoms with Crippen molar-refractivity contribution in [1.29, 1.82) is 0 Å².